The standard InChI is InChI=1S/C18H17Cl2NO5/c1-11(18(23)21-14-8-12(19)7-13(20)9-14)26-17(22)10-25-16-5-3-15(24-2)4-6-16/h3-9,11H,10H2,1-2H3,(H,21,23)/t11-/m1/s1. The Bertz CT molecular complexity index is 759. The van der Waals surface area contributed by atoms with Crippen molar-refractivity contribution in [2.24, 2.45) is 0 Å². The number of nitrogens with one attached hydrogen (secondary N) is 1. The first-order valence-corrected chi connectivity index (χ1v) is 8.36. The maximum absolute atomic E-state index is 12.1. The molecule has 0 bridgehead atoms. The molecule has 0 spiro atoms. The molecule has 2 aromatic carbocycles. The quantitative estimate of drug-likeness (QED) is 0.715. The van der Waals surface area contributed by atoms with E-state index in [9.17, 15) is 9.59 Å². The van der Waals surface area contributed by atoms with Gasteiger partial charge < -0.3 is 19.5 Å². The molecule has 0 aromatic heterocycles. The molecule has 1 atom stereocenters. The van der Waals surface area contributed by atoms with E-state index in [1.54, 1.807) is 37.4 Å². The molecule has 0 saturated heterocycles. The number of ether oxygens (including phenoxy) is 3. The molecular weight excluding hydrogens is 381 g/mol. The molecule has 0 aliphatic heterocycles. The predicted octanol–water partition coefficient (Wildman–Crippen LogP) is 3.95. The molecule has 26 heavy (non-hydrogen) atoms. The average molecular weight is 398 g/mol. The Morgan fingerprint density at radius 1 is 1.04 bits per heavy atom. The van der Waals surface area contributed by atoms with E-state index in [0.717, 1.165) is 0 Å². The van der Waals surface area contributed by atoms with E-state index in [1.165, 1.54) is 19.1 Å². The summed E-state index contributed by atoms with van der Waals surface area (Å²) < 4.78 is 15.4. The summed E-state index contributed by atoms with van der Waals surface area (Å²) >= 11 is 11.7. The smallest absolute Gasteiger partial charge is 0.344 e. The van der Waals surface area contributed by atoms with E-state index >= 15 is 0 Å². The number of halogens is 2. The van der Waals surface area contributed by atoms with E-state index in [0.29, 0.717) is 27.2 Å². The Morgan fingerprint density at radius 2 is 1.62 bits per heavy atom. The van der Waals surface area contributed by atoms with Crippen LogP contribution in [0.15, 0.2) is 42.5 Å². The van der Waals surface area contributed by atoms with Crippen molar-refractivity contribution in [3.8, 4) is 11.5 Å². The minimum absolute atomic E-state index is 0.326. The first kappa shape index (κ1) is 19.9. The molecule has 0 aliphatic carbocycles. The first-order valence-electron chi connectivity index (χ1n) is 7.60. The van der Waals surface area contributed by atoms with Crippen LogP contribution in [-0.4, -0.2) is 31.7 Å². The normalized spacial score (nSPS) is 11.4. The van der Waals surface area contributed by atoms with Gasteiger partial charge in [-0.3, -0.25) is 4.79 Å². The lowest BCUT2D eigenvalue weighted by atomic mass is 10.3. The molecule has 8 heteroatoms. The Balaban J connectivity index is 1.82. The largest absolute Gasteiger partial charge is 0.497 e. The van der Waals surface area contributed by atoms with Crippen molar-refractivity contribution in [2.45, 2.75) is 13.0 Å². The van der Waals surface area contributed by atoms with Gasteiger partial charge in [0.25, 0.3) is 5.91 Å². The number of carbonyl (C=O) groups excluding carboxylic acids is 2. The molecule has 1 N–H and O–H groups in total. The zero-order valence-electron chi connectivity index (χ0n) is 14.1. The van der Waals surface area contributed by atoms with E-state index in [-0.39, 0.29) is 6.61 Å². The highest BCUT2D eigenvalue weighted by Gasteiger charge is 2.18. The molecule has 2 rings (SSSR count). The van der Waals surface area contributed by atoms with Gasteiger partial charge in [-0.2, -0.15) is 0 Å². The second-order valence-electron chi connectivity index (χ2n) is 5.24. The fraction of sp³-hybridized carbons (Fsp3) is 0.222. The molecule has 1 amide bonds. The highest BCUT2D eigenvalue weighted by atomic mass is 35.5. The van der Waals surface area contributed by atoms with E-state index in [1.807, 2.05) is 0 Å². The lowest BCUT2D eigenvalue weighted by molar-refractivity contribution is -0.155. The maximum atomic E-state index is 12.1. The number of hydrogen-bond acceptors (Lipinski definition) is 5. The third-order valence-corrected chi connectivity index (χ3v) is 3.66. The molecule has 0 aliphatic rings. The van der Waals surface area contributed by atoms with Crippen molar-refractivity contribution in [3.05, 3.63) is 52.5 Å². The summed E-state index contributed by atoms with van der Waals surface area (Å²) in [6.45, 7) is 1.12. The fourth-order valence-electron chi connectivity index (χ4n) is 1.97. The third kappa shape index (κ3) is 6.13. The molecule has 0 saturated carbocycles. The Hall–Kier alpha value is -2.44. The molecule has 6 nitrogen and oxygen atoms in total. The van der Waals surface area contributed by atoms with Crippen molar-refractivity contribution in [1.29, 1.82) is 0 Å². The lowest BCUT2D eigenvalue weighted by Gasteiger charge is -2.14. The van der Waals surface area contributed by atoms with Crippen LogP contribution in [0.1, 0.15) is 6.92 Å². The third-order valence-electron chi connectivity index (χ3n) is 3.22. The SMILES string of the molecule is COc1ccc(OCC(=O)O[C@H](C)C(=O)Nc2cc(Cl)cc(Cl)c2)cc1. The van der Waals surface area contributed by atoms with Crippen LogP contribution in [0.25, 0.3) is 0 Å². The Kier molecular flexibility index (Phi) is 7.12. The molecule has 0 unspecified atom stereocenters. The van der Waals surface area contributed by atoms with Crippen LogP contribution >= 0.6 is 23.2 Å². The van der Waals surface area contributed by atoms with Crippen LogP contribution in [0.3, 0.4) is 0 Å². The number of benzene rings is 2. The number of rotatable bonds is 7. The van der Waals surface area contributed by atoms with Gasteiger partial charge in [0.15, 0.2) is 12.7 Å². The van der Waals surface area contributed by atoms with Crippen molar-refractivity contribution < 1.29 is 23.8 Å². The Labute approximate surface area is 160 Å². The maximum Gasteiger partial charge on any atom is 0.344 e. The van der Waals surface area contributed by atoms with Gasteiger partial charge in [0.2, 0.25) is 0 Å². The van der Waals surface area contributed by atoms with E-state index in [4.69, 9.17) is 37.4 Å². The number of carbonyl (C=O) groups is 2. The molecule has 0 heterocycles. The van der Waals surface area contributed by atoms with Gasteiger partial charge in [-0.25, -0.2) is 4.79 Å². The van der Waals surface area contributed by atoms with Crippen molar-refractivity contribution in [2.75, 3.05) is 19.0 Å². The number of esters is 1. The average Bonchev–Trinajstić information content (AvgIpc) is 2.59. The van der Waals surface area contributed by atoms with E-state index < -0.39 is 18.0 Å². The van der Waals surface area contributed by atoms with Gasteiger partial charge in [-0.05, 0) is 49.4 Å². The molecule has 2 aromatic rings. The molecule has 0 radical (unpaired) electrons. The number of amides is 1. The summed E-state index contributed by atoms with van der Waals surface area (Å²) in [6.07, 6.45) is -1.01. The van der Waals surface area contributed by atoms with Crippen LogP contribution in [0.4, 0.5) is 5.69 Å². The van der Waals surface area contributed by atoms with Crippen molar-refractivity contribution >= 4 is 40.8 Å². The highest BCUT2D eigenvalue weighted by Crippen LogP contribution is 2.22. The van der Waals surface area contributed by atoms with Gasteiger partial charge >= 0.3 is 5.97 Å². The first-order chi connectivity index (χ1) is 12.4. The summed E-state index contributed by atoms with van der Waals surface area (Å²) in [5.74, 6) is -0.0338. The summed E-state index contributed by atoms with van der Waals surface area (Å²) in [6, 6.07) is 11.3. The van der Waals surface area contributed by atoms with Gasteiger partial charge in [-0.15, -0.1) is 0 Å². The van der Waals surface area contributed by atoms with Crippen molar-refractivity contribution in [1.82, 2.24) is 0 Å². The second kappa shape index (κ2) is 9.31. The summed E-state index contributed by atoms with van der Waals surface area (Å²) in [5, 5.41) is 3.34. The van der Waals surface area contributed by atoms with Crippen LogP contribution < -0.4 is 14.8 Å². The fourth-order valence-corrected chi connectivity index (χ4v) is 2.49. The van der Waals surface area contributed by atoms with Gasteiger partial charge in [0.1, 0.15) is 11.5 Å². The minimum atomic E-state index is -1.01. The second-order valence-corrected chi connectivity index (χ2v) is 6.12. The minimum Gasteiger partial charge on any atom is -0.497 e. The number of hydrogen-bond donors (Lipinski definition) is 1. The van der Waals surface area contributed by atoms with Crippen LogP contribution in [0.2, 0.25) is 10.0 Å². The summed E-state index contributed by atoms with van der Waals surface area (Å²) in [4.78, 5) is 23.9. The molecule has 138 valence electrons. The monoisotopic (exact) mass is 397 g/mol. The summed E-state index contributed by atoms with van der Waals surface area (Å²) in [5.41, 5.74) is 0.407. The zero-order valence-corrected chi connectivity index (χ0v) is 15.6. The van der Waals surface area contributed by atoms with E-state index in [2.05, 4.69) is 5.32 Å². The van der Waals surface area contributed by atoms with Gasteiger partial charge in [0, 0.05) is 15.7 Å². The highest BCUT2D eigenvalue weighted by molar-refractivity contribution is 6.35. The van der Waals surface area contributed by atoms with Crippen LogP contribution in [-0.2, 0) is 14.3 Å². The predicted molar refractivity (Wildman–Crippen MR) is 99.1 cm³/mol. The van der Waals surface area contributed by atoms with Crippen molar-refractivity contribution in [3.63, 3.8) is 0 Å². The van der Waals surface area contributed by atoms with Crippen LogP contribution in [0.5, 0.6) is 11.5 Å². The Morgan fingerprint density at radius 3 is 2.19 bits per heavy atom. The zero-order chi connectivity index (χ0) is 19.1. The number of anilines is 1. The van der Waals surface area contributed by atoms with Gasteiger partial charge in [-0.1, -0.05) is 23.2 Å². The summed E-state index contributed by atoms with van der Waals surface area (Å²) in [7, 11) is 1.55. The number of methoxy groups -OCH3 is 1. The lowest BCUT2D eigenvalue weighted by Crippen LogP contribution is -2.31. The molecular formula is C18H17Cl2NO5. The molecule has 0 fully saturated rings. The van der Waals surface area contributed by atoms with Gasteiger partial charge in [0.05, 0.1) is 7.11 Å². The van der Waals surface area contributed by atoms with Crippen LogP contribution in [0, 0.1) is 0 Å². The topological polar surface area (TPSA) is 73.9 Å².